The molecule has 4 nitrogen and oxygen atoms in total. The van der Waals surface area contributed by atoms with Crippen molar-refractivity contribution in [3.05, 3.63) is 18.1 Å². The predicted octanol–water partition coefficient (Wildman–Crippen LogP) is 1.53. The number of hydrogen-bond donors (Lipinski definition) is 1. The lowest BCUT2D eigenvalue weighted by Crippen LogP contribution is -2.30. The van der Waals surface area contributed by atoms with E-state index in [9.17, 15) is 0 Å². The Morgan fingerprint density at radius 2 is 2.25 bits per heavy atom. The van der Waals surface area contributed by atoms with Crippen molar-refractivity contribution in [2.45, 2.75) is 38.6 Å². The zero-order valence-corrected chi connectivity index (χ0v) is 9.76. The van der Waals surface area contributed by atoms with Crippen molar-refractivity contribution in [2.24, 2.45) is 0 Å². The highest BCUT2D eigenvalue weighted by Crippen LogP contribution is 2.27. The van der Waals surface area contributed by atoms with Crippen LogP contribution >= 0.6 is 0 Å². The number of hydrogen-bond acceptors (Lipinski definition) is 4. The third-order valence-electron chi connectivity index (χ3n) is 3.20. The molecule has 0 amide bonds. The van der Waals surface area contributed by atoms with Crippen LogP contribution in [0.25, 0.3) is 0 Å². The third-order valence-corrected chi connectivity index (χ3v) is 3.20. The minimum absolute atomic E-state index is 0.282. The molecule has 1 unspecified atom stereocenters. The monoisotopic (exact) mass is 221 g/mol. The Hall–Kier alpha value is -1.16. The molecule has 0 bridgehead atoms. The Morgan fingerprint density at radius 3 is 3.00 bits per heavy atom. The summed E-state index contributed by atoms with van der Waals surface area (Å²) >= 11 is 0. The molecule has 0 radical (unpaired) electrons. The number of anilines is 1. The first-order valence-corrected chi connectivity index (χ1v) is 5.98. The summed E-state index contributed by atoms with van der Waals surface area (Å²) in [6, 6.07) is 0.530. The molecule has 1 atom stereocenters. The van der Waals surface area contributed by atoms with Gasteiger partial charge in [0.05, 0.1) is 5.69 Å². The van der Waals surface area contributed by atoms with E-state index in [-0.39, 0.29) is 6.61 Å². The molecule has 2 heterocycles. The van der Waals surface area contributed by atoms with E-state index in [2.05, 4.69) is 14.9 Å². The van der Waals surface area contributed by atoms with E-state index < -0.39 is 0 Å². The largest absolute Gasteiger partial charge is 0.396 e. The van der Waals surface area contributed by atoms with Crippen LogP contribution in [0, 0.1) is 6.92 Å². The molecule has 1 N–H and O–H groups in total. The summed E-state index contributed by atoms with van der Waals surface area (Å²) in [6.45, 7) is 3.35. The maximum atomic E-state index is 8.89. The number of nitrogens with zero attached hydrogens (tertiary/aromatic N) is 3. The van der Waals surface area contributed by atoms with Gasteiger partial charge in [-0.3, -0.25) is 4.98 Å². The van der Waals surface area contributed by atoms with Gasteiger partial charge in [-0.1, -0.05) is 0 Å². The maximum Gasteiger partial charge on any atom is 0.150 e. The van der Waals surface area contributed by atoms with Gasteiger partial charge in [0.15, 0.2) is 0 Å². The summed E-state index contributed by atoms with van der Waals surface area (Å²) in [4.78, 5) is 11.0. The first-order chi connectivity index (χ1) is 7.83. The Bertz CT molecular complexity index is 343. The molecule has 0 spiro atoms. The Morgan fingerprint density at radius 1 is 1.44 bits per heavy atom. The lowest BCUT2D eigenvalue weighted by Gasteiger charge is -2.26. The standard InChI is InChI=1S/C12H19N3O/c1-10-12(14-7-6-13-10)15-8-2-4-11(15)5-3-9-16/h6-7,11,16H,2-5,8-9H2,1H3. The fraction of sp³-hybridized carbons (Fsp3) is 0.667. The van der Waals surface area contributed by atoms with Crippen LogP contribution in [0.1, 0.15) is 31.4 Å². The minimum atomic E-state index is 0.282. The highest BCUT2D eigenvalue weighted by atomic mass is 16.2. The Balaban J connectivity index is 2.10. The van der Waals surface area contributed by atoms with Crippen molar-refractivity contribution >= 4 is 5.82 Å². The normalized spacial score (nSPS) is 20.4. The van der Waals surface area contributed by atoms with Gasteiger partial charge in [0.2, 0.25) is 0 Å². The molecule has 0 saturated carbocycles. The summed E-state index contributed by atoms with van der Waals surface area (Å²) in [7, 11) is 0. The first kappa shape index (κ1) is 11.3. The molecule has 2 rings (SSSR count). The van der Waals surface area contributed by atoms with Crippen molar-refractivity contribution in [3.63, 3.8) is 0 Å². The zero-order chi connectivity index (χ0) is 11.4. The first-order valence-electron chi connectivity index (χ1n) is 5.98. The van der Waals surface area contributed by atoms with Crippen LogP contribution in [0.3, 0.4) is 0 Å². The molecule has 16 heavy (non-hydrogen) atoms. The quantitative estimate of drug-likeness (QED) is 0.837. The van der Waals surface area contributed by atoms with Gasteiger partial charge in [0.1, 0.15) is 5.82 Å². The molecule has 1 fully saturated rings. The highest BCUT2D eigenvalue weighted by molar-refractivity contribution is 5.44. The number of rotatable bonds is 4. The fourth-order valence-corrected chi connectivity index (χ4v) is 2.42. The van der Waals surface area contributed by atoms with E-state index in [0.717, 1.165) is 30.9 Å². The van der Waals surface area contributed by atoms with E-state index in [4.69, 9.17) is 5.11 Å². The average molecular weight is 221 g/mol. The van der Waals surface area contributed by atoms with Gasteiger partial charge in [-0.2, -0.15) is 0 Å². The lowest BCUT2D eigenvalue weighted by molar-refractivity contribution is 0.279. The van der Waals surface area contributed by atoms with E-state index in [1.807, 2.05) is 6.92 Å². The smallest absolute Gasteiger partial charge is 0.150 e. The second kappa shape index (κ2) is 5.25. The second-order valence-electron chi connectivity index (χ2n) is 4.32. The SMILES string of the molecule is Cc1nccnc1N1CCCC1CCCO. The van der Waals surface area contributed by atoms with Crippen LogP contribution in [-0.4, -0.2) is 34.3 Å². The Kier molecular flexibility index (Phi) is 3.72. The van der Waals surface area contributed by atoms with Crippen LogP contribution < -0.4 is 4.90 Å². The molecule has 1 saturated heterocycles. The zero-order valence-electron chi connectivity index (χ0n) is 9.76. The predicted molar refractivity (Wildman–Crippen MR) is 63.5 cm³/mol. The summed E-state index contributed by atoms with van der Waals surface area (Å²) < 4.78 is 0. The van der Waals surface area contributed by atoms with Crippen molar-refractivity contribution in [1.82, 2.24) is 9.97 Å². The molecular formula is C12H19N3O. The second-order valence-corrected chi connectivity index (χ2v) is 4.32. The summed E-state index contributed by atoms with van der Waals surface area (Å²) in [5.41, 5.74) is 0.999. The summed E-state index contributed by atoms with van der Waals surface area (Å²) in [5.74, 6) is 1.02. The van der Waals surface area contributed by atoms with Crippen LogP contribution in [-0.2, 0) is 0 Å². The van der Waals surface area contributed by atoms with Crippen molar-refractivity contribution in [1.29, 1.82) is 0 Å². The van der Waals surface area contributed by atoms with Crippen molar-refractivity contribution < 1.29 is 5.11 Å². The summed E-state index contributed by atoms with van der Waals surface area (Å²) in [6.07, 6.45) is 7.83. The molecule has 0 aromatic carbocycles. The molecule has 1 aliphatic heterocycles. The van der Waals surface area contributed by atoms with Crippen LogP contribution in [0.15, 0.2) is 12.4 Å². The van der Waals surface area contributed by atoms with Gasteiger partial charge in [0, 0.05) is 31.6 Å². The maximum absolute atomic E-state index is 8.89. The molecule has 1 aromatic rings. The third kappa shape index (κ3) is 2.32. The Labute approximate surface area is 96.3 Å². The number of aryl methyl sites for hydroxylation is 1. The topological polar surface area (TPSA) is 49.2 Å². The molecular weight excluding hydrogens is 202 g/mol. The highest BCUT2D eigenvalue weighted by Gasteiger charge is 2.26. The molecule has 1 aliphatic rings. The summed E-state index contributed by atoms with van der Waals surface area (Å²) in [5, 5.41) is 8.89. The van der Waals surface area contributed by atoms with E-state index in [1.165, 1.54) is 12.8 Å². The van der Waals surface area contributed by atoms with E-state index in [1.54, 1.807) is 12.4 Å². The number of aliphatic hydroxyl groups is 1. The minimum Gasteiger partial charge on any atom is -0.396 e. The van der Waals surface area contributed by atoms with Gasteiger partial charge >= 0.3 is 0 Å². The number of aromatic nitrogens is 2. The van der Waals surface area contributed by atoms with Gasteiger partial charge < -0.3 is 10.0 Å². The number of aliphatic hydroxyl groups excluding tert-OH is 1. The fourth-order valence-electron chi connectivity index (χ4n) is 2.42. The van der Waals surface area contributed by atoms with Crippen LogP contribution in [0.2, 0.25) is 0 Å². The molecule has 1 aromatic heterocycles. The van der Waals surface area contributed by atoms with Gasteiger partial charge in [-0.05, 0) is 32.6 Å². The van der Waals surface area contributed by atoms with E-state index >= 15 is 0 Å². The van der Waals surface area contributed by atoms with Gasteiger partial charge in [-0.25, -0.2) is 4.98 Å². The van der Waals surface area contributed by atoms with Crippen molar-refractivity contribution in [3.8, 4) is 0 Å². The van der Waals surface area contributed by atoms with Gasteiger partial charge in [-0.15, -0.1) is 0 Å². The molecule has 0 aliphatic carbocycles. The van der Waals surface area contributed by atoms with Crippen LogP contribution in [0.5, 0.6) is 0 Å². The average Bonchev–Trinajstić information content (AvgIpc) is 2.75. The van der Waals surface area contributed by atoms with Crippen molar-refractivity contribution in [2.75, 3.05) is 18.1 Å². The lowest BCUT2D eigenvalue weighted by atomic mass is 10.1. The van der Waals surface area contributed by atoms with E-state index in [0.29, 0.717) is 6.04 Å². The van der Waals surface area contributed by atoms with Crippen LogP contribution in [0.4, 0.5) is 5.82 Å². The van der Waals surface area contributed by atoms with Gasteiger partial charge in [0.25, 0.3) is 0 Å². The molecule has 4 heteroatoms. The molecule has 88 valence electrons.